The van der Waals surface area contributed by atoms with Gasteiger partial charge in [-0.1, -0.05) is 36.4 Å². The molecule has 0 heterocycles. The molecule has 0 saturated heterocycles. The molecule has 7 nitrogen and oxygen atoms in total. The molecule has 1 N–H and O–H groups in total. The SMILES string of the molecule is C=CCOc1ccc(C(=O)N/N=C/c2cc(Br)c(OCc3ccc(Cl)cc3)c(OCC)c2)cc1OCC. The van der Waals surface area contributed by atoms with Crippen LogP contribution in [-0.4, -0.2) is 31.9 Å². The first-order valence-corrected chi connectivity index (χ1v) is 12.8. The van der Waals surface area contributed by atoms with E-state index in [4.69, 9.17) is 30.5 Å². The molecule has 3 aromatic carbocycles. The topological polar surface area (TPSA) is 78.4 Å². The molecule has 0 aliphatic heterocycles. The van der Waals surface area contributed by atoms with Crippen LogP contribution in [0.5, 0.6) is 23.0 Å². The van der Waals surface area contributed by atoms with Gasteiger partial charge in [-0.15, -0.1) is 0 Å². The fourth-order valence-electron chi connectivity index (χ4n) is 3.22. The molecule has 0 unspecified atom stereocenters. The van der Waals surface area contributed by atoms with Gasteiger partial charge in [0, 0.05) is 10.6 Å². The molecular weight excluding hydrogens is 560 g/mol. The minimum Gasteiger partial charge on any atom is -0.490 e. The van der Waals surface area contributed by atoms with Crippen molar-refractivity contribution < 1.29 is 23.7 Å². The molecular formula is C28H28BrClN2O5. The second kappa shape index (κ2) is 14.3. The van der Waals surface area contributed by atoms with Gasteiger partial charge in [0.05, 0.1) is 23.9 Å². The van der Waals surface area contributed by atoms with Crippen LogP contribution in [0, 0.1) is 0 Å². The number of rotatable bonds is 13. The van der Waals surface area contributed by atoms with Gasteiger partial charge in [-0.3, -0.25) is 4.79 Å². The number of nitrogens with zero attached hydrogens (tertiary/aromatic N) is 1. The van der Waals surface area contributed by atoms with Crippen molar-refractivity contribution in [3.05, 3.63) is 93.4 Å². The number of amides is 1. The average molecular weight is 588 g/mol. The van der Waals surface area contributed by atoms with Crippen LogP contribution in [-0.2, 0) is 6.61 Å². The highest BCUT2D eigenvalue weighted by Crippen LogP contribution is 2.37. The predicted octanol–water partition coefficient (Wildman–Crippen LogP) is 6.81. The highest BCUT2D eigenvalue weighted by Gasteiger charge is 2.14. The van der Waals surface area contributed by atoms with E-state index in [-0.39, 0.29) is 5.91 Å². The summed E-state index contributed by atoms with van der Waals surface area (Å²) in [5.74, 6) is 1.74. The van der Waals surface area contributed by atoms with Crippen LogP contribution >= 0.6 is 27.5 Å². The Morgan fingerprint density at radius 1 is 0.973 bits per heavy atom. The molecule has 0 bridgehead atoms. The van der Waals surface area contributed by atoms with E-state index < -0.39 is 0 Å². The van der Waals surface area contributed by atoms with Crippen LogP contribution in [0.2, 0.25) is 5.02 Å². The molecule has 0 aliphatic carbocycles. The lowest BCUT2D eigenvalue weighted by Crippen LogP contribution is -2.17. The molecule has 0 aromatic heterocycles. The highest BCUT2D eigenvalue weighted by atomic mass is 79.9. The normalized spacial score (nSPS) is 10.7. The summed E-state index contributed by atoms with van der Waals surface area (Å²) < 4.78 is 23.7. The number of hydrogen-bond acceptors (Lipinski definition) is 6. The van der Waals surface area contributed by atoms with Gasteiger partial charge in [0.25, 0.3) is 5.91 Å². The first-order chi connectivity index (χ1) is 17.9. The van der Waals surface area contributed by atoms with E-state index in [0.29, 0.717) is 70.0 Å². The van der Waals surface area contributed by atoms with Crippen LogP contribution in [0.1, 0.15) is 35.3 Å². The first-order valence-electron chi connectivity index (χ1n) is 11.6. The van der Waals surface area contributed by atoms with Gasteiger partial charge in [-0.25, -0.2) is 5.43 Å². The van der Waals surface area contributed by atoms with Gasteiger partial charge in [-0.2, -0.15) is 5.10 Å². The Bertz CT molecular complexity index is 1250. The van der Waals surface area contributed by atoms with Crippen molar-refractivity contribution in [3.63, 3.8) is 0 Å². The molecule has 194 valence electrons. The quantitative estimate of drug-likeness (QED) is 0.135. The lowest BCUT2D eigenvalue weighted by atomic mass is 10.2. The highest BCUT2D eigenvalue weighted by molar-refractivity contribution is 9.10. The van der Waals surface area contributed by atoms with Crippen molar-refractivity contribution >= 4 is 39.7 Å². The zero-order chi connectivity index (χ0) is 26.6. The zero-order valence-corrected chi connectivity index (χ0v) is 23.0. The first kappa shape index (κ1) is 28.1. The average Bonchev–Trinajstić information content (AvgIpc) is 2.88. The van der Waals surface area contributed by atoms with Crippen LogP contribution < -0.4 is 24.4 Å². The molecule has 0 saturated carbocycles. The Labute approximate surface area is 230 Å². The number of nitrogens with one attached hydrogen (secondary N) is 1. The van der Waals surface area contributed by atoms with Gasteiger partial charge in [0.2, 0.25) is 0 Å². The fourth-order valence-corrected chi connectivity index (χ4v) is 3.92. The van der Waals surface area contributed by atoms with E-state index >= 15 is 0 Å². The number of hydrazone groups is 1. The van der Waals surface area contributed by atoms with E-state index in [0.717, 1.165) is 5.56 Å². The number of carbonyl (C=O) groups is 1. The third-order valence-corrected chi connectivity index (χ3v) is 5.71. The fraction of sp³-hybridized carbons (Fsp3) is 0.214. The summed E-state index contributed by atoms with van der Waals surface area (Å²) in [6.07, 6.45) is 3.16. The van der Waals surface area contributed by atoms with Crippen molar-refractivity contribution in [2.45, 2.75) is 20.5 Å². The van der Waals surface area contributed by atoms with Crippen molar-refractivity contribution in [2.75, 3.05) is 19.8 Å². The van der Waals surface area contributed by atoms with E-state index in [2.05, 4.69) is 33.0 Å². The molecule has 0 aliphatic rings. The maximum atomic E-state index is 12.6. The molecule has 9 heteroatoms. The third kappa shape index (κ3) is 8.27. The monoisotopic (exact) mass is 586 g/mol. The Morgan fingerprint density at radius 3 is 2.41 bits per heavy atom. The standard InChI is InChI=1S/C28H28BrClN2O5/c1-4-13-36-24-12-9-21(16-25(24)34-5-2)28(33)32-31-17-20-14-23(29)27(26(15-20)35-6-3)37-18-19-7-10-22(30)11-8-19/h4,7-12,14-17H,1,5-6,13,18H2,2-3H3,(H,32,33)/b31-17+. The summed E-state index contributed by atoms with van der Waals surface area (Å²) in [4.78, 5) is 12.6. The zero-order valence-electron chi connectivity index (χ0n) is 20.6. The Kier molecular flexibility index (Phi) is 10.9. The third-order valence-electron chi connectivity index (χ3n) is 4.87. The molecule has 0 atom stereocenters. The molecule has 1 amide bonds. The lowest BCUT2D eigenvalue weighted by molar-refractivity contribution is 0.0954. The maximum absolute atomic E-state index is 12.6. The van der Waals surface area contributed by atoms with E-state index in [1.807, 2.05) is 44.2 Å². The van der Waals surface area contributed by atoms with Gasteiger partial charge >= 0.3 is 0 Å². The summed E-state index contributed by atoms with van der Waals surface area (Å²) in [6.45, 7) is 8.96. The van der Waals surface area contributed by atoms with Crippen LogP contribution in [0.4, 0.5) is 0 Å². The number of hydrogen-bond donors (Lipinski definition) is 1. The number of carbonyl (C=O) groups excluding carboxylic acids is 1. The minimum absolute atomic E-state index is 0.333. The van der Waals surface area contributed by atoms with Gasteiger partial charge in [-0.05, 0) is 83.4 Å². The van der Waals surface area contributed by atoms with Gasteiger partial charge in [0.15, 0.2) is 23.0 Å². The molecule has 0 spiro atoms. The van der Waals surface area contributed by atoms with Crippen molar-refractivity contribution in [3.8, 4) is 23.0 Å². The second-order valence-corrected chi connectivity index (χ2v) is 8.86. The number of ether oxygens (including phenoxy) is 4. The summed E-state index contributed by atoms with van der Waals surface area (Å²) in [6, 6.07) is 16.0. The van der Waals surface area contributed by atoms with Crippen molar-refractivity contribution in [2.24, 2.45) is 5.10 Å². The maximum Gasteiger partial charge on any atom is 0.271 e. The molecule has 37 heavy (non-hydrogen) atoms. The summed E-state index contributed by atoms with van der Waals surface area (Å²) >= 11 is 9.51. The minimum atomic E-state index is -0.389. The van der Waals surface area contributed by atoms with E-state index in [1.165, 1.54) is 6.21 Å². The second-order valence-electron chi connectivity index (χ2n) is 7.57. The molecule has 0 radical (unpaired) electrons. The lowest BCUT2D eigenvalue weighted by Gasteiger charge is -2.15. The van der Waals surface area contributed by atoms with Crippen molar-refractivity contribution in [1.82, 2.24) is 5.43 Å². The van der Waals surface area contributed by atoms with Crippen LogP contribution in [0.25, 0.3) is 0 Å². The van der Waals surface area contributed by atoms with Gasteiger partial charge < -0.3 is 18.9 Å². The summed E-state index contributed by atoms with van der Waals surface area (Å²) in [5, 5.41) is 4.77. The van der Waals surface area contributed by atoms with Crippen molar-refractivity contribution in [1.29, 1.82) is 0 Å². The largest absolute Gasteiger partial charge is 0.490 e. The Hall–Kier alpha value is -3.49. The predicted molar refractivity (Wildman–Crippen MR) is 149 cm³/mol. The summed E-state index contributed by atoms with van der Waals surface area (Å²) in [7, 11) is 0. The van der Waals surface area contributed by atoms with Gasteiger partial charge in [0.1, 0.15) is 13.2 Å². The summed E-state index contributed by atoms with van der Waals surface area (Å²) in [5.41, 5.74) is 4.60. The van der Waals surface area contributed by atoms with Crippen LogP contribution in [0.3, 0.4) is 0 Å². The molecule has 0 fully saturated rings. The number of halogens is 2. The Morgan fingerprint density at radius 2 is 1.70 bits per heavy atom. The van der Waals surface area contributed by atoms with E-state index in [9.17, 15) is 4.79 Å². The van der Waals surface area contributed by atoms with E-state index in [1.54, 1.807) is 30.3 Å². The molecule has 3 aromatic rings. The number of benzene rings is 3. The Balaban J connectivity index is 1.70. The smallest absolute Gasteiger partial charge is 0.271 e. The molecule has 3 rings (SSSR count). The van der Waals surface area contributed by atoms with Crippen LogP contribution in [0.15, 0.2) is 76.8 Å².